The molecular formula is C11H17NO2S. The molecule has 0 aromatic carbocycles. The molecule has 1 N–H and O–H groups in total. The molecule has 0 bridgehead atoms. The first kappa shape index (κ1) is 11.0. The highest BCUT2D eigenvalue weighted by atomic mass is 32.2. The van der Waals surface area contributed by atoms with E-state index >= 15 is 0 Å². The van der Waals surface area contributed by atoms with Crippen molar-refractivity contribution in [3.05, 3.63) is 17.8 Å². The van der Waals surface area contributed by atoms with E-state index in [0.717, 1.165) is 11.6 Å². The third-order valence-corrected chi connectivity index (χ3v) is 3.89. The summed E-state index contributed by atoms with van der Waals surface area (Å²) in [6.45, 7) is 1.77. The van der Waals surface area contributed by atoms with Crippen LogP contribution in [-0.4, -0.2) is 21.9 Å². The Morgan fingerprint density at radius 3 is 3.20 bits per heavy atom. The van der Waals surface area contributed by atoms with Crippen LogP contribution >= 0.6 is 11.8 Å². The minimum atomic E-state index is -0.345. The van der Waals surface area contributed by atoms with Gasteiger partial charge < -0.3 is 9.52 Å². The Morgan fingerprint density at radius 2 is 2.53 bits per heavy atom. The quantitative estimate of drug-likeness (QED) is 0.862. The highest BCUT2D eigenvalue weighted by Gasteiger charge is 2.21. The Bertz CT molecular complexity index is 305. The van der Waals surface area contributed by atoms with Gasteiger partial charge in [-0.25, -0.2) is 4.98 Å². The summed E-state index contributed by atoms with van der Waals surface area (Å²) in [5.74, 6) is 2.05. The van der Waals surface area contributed by atoms with Gasteiger partial charge in [0, 0.05) is 6.42 Å². The number of hydrogen-bond acceptors (Lipinski definition) is 4. The van der Waals surface area contributed by atoms with Crippen LogP contribution in [0.5, 0.6) is 0 Å². The lowest BCUT2D eigenvalue weighted by Gasteiger charge is -2.17. The van der Waals surface area contributed by atoms with E-state index in [1.54, 1.807) is 13.2 Å². The van der Waals surface area contributed by atoms with Crippen molar-refractivity contribution in [1.82, 2.24) is 4.98 Å². The molecule has 2 unspecified atom stereocenters. The molecule has 0 aliphatic carbocycles. The monoisotopic (exact) mass is 227 g/mol. The van der Waals surface area contributed by atoms with Crippen LogP contribution in [0, 0.1) is 0 Å². The molecule has 1 aliphatic heterocycles. The molecule has 2 rings (SSSR count). The van der Waals surface area contributed by atoms with E-state index < -0.39 is 0 Å². The van der Waals surface area contributed by atoms with Crippen molar-refractivity contribution in [3.63, 3.8) is 0 Å². The molecule has 1 aromatic heterocycles. The summed E-state index contributed by atoms with van der Waals surface area (Å²) in [7, 11) is 0. The van der Waals surface area contributed by atoms with Crippen LogP contribution in [0.4, 0.5) is 0 Å². The molecule has 4 heteroatoms. The summed E-state index contributed by atoms with van der Waals surface area (Å²) in [6.07, 6.45) is 5.66. The number of oxazole rings is 1. The minimum absolute atomic E-state index is 0.345. The Balaban J connectivity index is 1.99. The summed E-state index contributed by atoms with van der Waals surface area (Å²) in [5, 5.41) is 9.67. The number of aliphatic hydroxyl groups is 1. The summed E-state index contributed by atoms with van der Waals surface area (Å²) in [6, 6.07) is 0. The van der Waals surface area contributed by atoms with Crippen molar-refractivity contribution in [2.24, 2.45) is 0 Å². The van der Waals surface area contributed by atoms with Crippen LogP contribution < -0.4 is 0 Å². The molecule has 0 spiro atoms. The molecule has 0 saturated carbocycles. The Labute approximate surface area is 94.3 Å². The van der Waals surface area contributed by atoms with E-state index in [1.165, 1.54) is 25.0 Å². The average molecular weight is 227 g/mol. The van der Waals surface area contributed by atoms with E-state index in [4.69, 9.17) is 4.42 Å². The molecule has 1 fully saturated rings. The number of hydrogen-bond donors (Lipinski definition) is 1. The van der Waals surface area contributed by atoms with Gasteiger partial charge in [0.1, 0.15) is 6.26 Å². The van der Waals surface area contributed by atoms with Crippen molar-refractivity contribution < 1.29 is 9.52 Å². The second-order valence-corrected chi connectivity index (χ2v) is 5.40. The van der Waals surface area contributed by atoms with Gasteiger partial charge in [-0.05, 0) is 25.5 Å². The van der Waals surface area contributed by atoms with E-state index in [-0.39, 0.29) is 6.10 Å². The first-order valence-electron chi connectivity index (χ1n) is 5.49. The van der Waals surface area contributed by atoms with Gasteiger partial charge in [-0.2, -0.15) is 0 Å². The molecule has 2 atom stereocenters. The second-order valence-electron chi connectivity index (χ2n) is 4.09. The molecule has 3 nitrogen and oxygen atoms in total. The van der Waals surface area contributed by atoms with Crippen molar-refractivity contribution in [2.45, 2.75) is 44.0 Å². The van der Waals surface area contributed by atoms with Crippen molar-refractivity contribution in [3.8, 4) is 0 Å². The lowest BCUT2D eigenvalue weighted by Crippen LogP contribution is -2.06. The maximum Gasteiger partial charge on any atom is 0.207 e. The Morgan fingerprint density at radius 1 is 1.67 bits per heavy atom. The highest BCUT2D eigenvalue weighted by Crippen LogP contribution is 2.37. The van der Waals surface area contributed by atoms with Gasteiger partial charge in [0.15, 0.2) is 0 Å². The van der Waals surface area contributed by atoms with Crippen LogP contribution in [0.25, 0.3) is 0 Å². The maximum absolute atomic E-state index is 9.24. The fourth-order valence-electron chi connectivity index (χ4n) is 1.80. The lowest BCUT2D eigenvalue weighted by molar-refractivity contribution is 0.194. The normalized spacial score (nSPS) is 24.0. The zero-order valence-electron chi connectivity index (χ0n) is 8.98. The topological polar surface area (TPSA) is 46.3 Å². The highest BCUT2D eigenvalue weighted by molar-refractivity contribution is 7.99. The summed E-state index contributed by atoms with van der Waals surface area (Å²) >= 11 is 1.93. The van der Waals surface area contributed by atoms with Gasteiger partial charge >= 0.3 is 0 Å². The average Bonchev–Trinajstić information content (AvgIpc) is 2.67. The molecule has 0 amide bonds. The predicted octanol–water partition coefficient (Wildman–Crippen LogP) is 2.56. The molecule has 2 heterocycles. The van der Waals surface area contributed by atoms with Crippen LogP contribution in [-0.2, 0) is 6.42 Å². The number of aromatic nitrogens is 1. The number of rotatable bonds is 3. The number of nitrogens with zero attached hydrogens (tertiary/aromatic N) is 1. The van der Waals surface area contributed by atoms with Crippen LogP contribution in [0.3, 0.4) is 0 Å². The smallest absolute Gasteiger partial charge is 0.207 e. The first-order valence-corrected chi connectivity index (χ1v) is 6.54. The zero-order chi connectivity index (χ0) is 10.7. The fraction of sp³-hybridized carbons (Fsp3) is 0.727. The van der Waals surface area contributed by atoms with Crippen molar-refractivity contribution >= 4 is 11.8 Å². The van der Waals surface area contributed by atoms with Crippen LogP contribution in [0.15, 0.2) is 10.7 Å². The molecule has 84 valence electrons. The minimum Gasteiger partial charge on any atom is -0.447 e. The van der Waals surface area contributed by atoms with Gasteiger partial charge in [0.25, 0.3) is 0 Å². The Kier molecular flexibility index (Phi) is 3.70. The first-order chi connectivity index (χ1) is 7.25. The van der Waals surface area contributed by atoms with Crippen molar-refractivity contribution in [2.75, 3.05) is 5.75 Å². The van der Waals surface area contributed by atoms with Crippen molar-refractivity contribution in [1.29, 1.82) is 0 Å². The third-order valence-electron chi connectivity index (χ3n) is 2.53. The van der Waals surface area contributed by atoms with E-state index in [2.05, 4.69) is 4.98 Å². The zero-order valence-corrected chi connectivity index (χ0v) is 9.80. The van der Waals surface area contributed by atoms with E-state index in [9.17, 15) is 5.11 Å². The SMILES string of the molecule is CC(O)Cc1coc(C2CCCCS2)n1. The molecule has 0 radical (unpaired) electrons. The molecule has 1 saturated heterocycles. The summed E-state index contributed by atoms with van der Waals surface area (Å²) in [4.78, 5) is 4.43. The Hall–Kier alpha value is -0.480. The molecule has 1 aliphatic rings. The molecular weight excluding hydrogens is 210 g/mol. The number of thioether (sulfide) groups is 1. The maximum atomic E-state index is 9.24. The van der Waals surface area contributed by atoms with Crippen LogP contribution in [0.1, 0.15) is 43.0 Å². The van der Waals surface area contributed by atoms with E-state index in [1.807, 2.05) is 11.8 Å². The third kappa shape index (κ3) is 2.98. The molecule has 1 aromatic rings. The second kappa shape index (κ2) is 5.03. The van der Waals surface area contributed by atoms with Gasteiger partial charge in [0.05, 0.1) is 17.0 Å². The molecule has 15 heavy (non-hydrogen) atoms. The largest absolute Gasteiger partial charge is 0.447 e. The van der Waals surface area contributed by atoms with Gasteiger partial charge in [-0.15, -0.1) is 11.8 Å². The summed E-state index contributed by atoms with van der Waals surface area (Å²) in [5.41, 5.74) is 0.867. The predicted molar refractivity (Wildman–Crippen MR) is 60.9 cm³/mol. The van der Waals surface area contributed by atoms with Gasteiger partial charge in [-0.3, -0.25) is 0 Å². The van der Waals surface area contributed by atoms with Crippen LogP contribution in [0.2, 0.25) is 0 Å². The fourth-order valence-corrected chi connectivity index (χ4v) is 3.04. The number of aliphatic hydroxyl groups excluding tert-OH is 1. The standard InChI is InChI=1S/C11H17NO2S/c1-8(13)6-9-7-14-11(12-9)10-4-2-3-5-15-10/h7-8,10,13H,2-6H2,1H3. The van der Waals surface area contributed by atoms with Gasteiger partial charge in [0.2, 0.25) is 5.89 Å². The van der Waals surface area contributed by atoms with E-state index in [0.29, 0.717) is 11.7 Å². The van der Waals surface area contributed by atoms with Gasteiger partial charge in [-0.1, -0.05) is 6.42 Å². The summed E-state index contributed by atoms with van der Waals surface area (Å²) < 4.78 is 5.46. The lowest BCUT2D eigenvalue weighted by atomic mass is 10.2.